The van der Waals surface area contributed by atoms with Gasteiger partial charge >= 0.3 is 5.76 Å². The molecule has 17 heavy (non-hydrogen) atoms. The fourth-order valence-electron chi connectivity index (χ4n) is 2.13. The molecule has 90 valence electrons. The van der Waals surface area contributed by atoms with Gasteiger partial charge in [-0.25, -0.2) is 4.79 Å². The summed E-state index contributed by atoms with van der Waals surface area (Å²) in [6.07, 6.45) is 1.90. The van der Waals surface area contributed by atoms with E-state index in [1.54, 1.807) is 7.05 Å². The molecule has 5 heteroatoms. The summed E-state index contributed by atoms with van der Waals surface area (Å²) in [4.78, 5) is 11.4. The third-order valence-corrected chi connectivity index (χ3v) is 3.62. The summed E-state index contributed by atoms with van der Waals surface area (Å²) < 4.78 is 6.61. The normalized spacial score (nSPS) is 19.5. The maximum absolute atomic E-state index is 11.4. The molecule has 0 saturated heterocycles. The summed E-state index contributed by atoms with van der Waals surface area (Å²) in [6.45, 7) is 0. The average molecular weight is 233 g/mol. The van der Waals surface area contributed by atoms with Crippen LogP contribution in [-0.4, -0.2) is 10.1 Å². The summed E-state index contributed by atoms with van der Waals surface area (Å²) in [6, 6.07) is 5.38. The van der Waals surface area contributed by atoms with Crippen molar-refractivity contribution in [1.82, 2.24) is 4.57 Å². The fraction of sp³-hybridized carbons (Fsp3) is 0.417. The third-order valence-electron chi connectivity index (χ3n) is 3.62. The van der Waals surface area contributed by atoms with Gasteiger partial charge in [-0.2, -0.15) is 0 Å². The van der Waals surface area contributed by atoms with Crippen molar-refractivity contribution >= 4 is 11.1 Å². The highest BCUT2D eigenvalue weighted by atomic mass is 16.4. The van der Waals surface area contributed by atoms with Crippen LogP contribution in [0, 0.1) is 0 Å². The lowest BCUT2D eigenvalue weighted by molar-refractivity contribution is 0.522. The Bertz CT molecular complexity index is 637. The van der Waals surface area contributed by atoms with Crippen LogP contribution in [0.3, 0.4) is 0 Å². The van der Waals surface area contributed by atoms with E-state index in [2.05, 4.69) is 0 Å². The van der Waals surface area contributed by atoms with Gasteiger partial charge in [0, 0.05) is 18.6 Å². The van der Waals surface area contributed by atoms with Crippen molar-refractivity contribution < 1.29 is 4.42 Å². The largest absolute Gasteiger partial charge is 0.419 e. The lowest BCUT2D eigenvalue weighted by atomic mass is 9.99. The topological polar surface area (TPSA) is 87.2 Å². The number of hydrogen-bond acceptors (Lipinski definition) is 4. The van der Waals surface area contributed by atoms with Crippen molar-refractivity contribution in [3.05, 3.63) is 34.3 Å². The highest BCUT2D eigenvalue weighted by molar-refractivity contribution is 5.73. The van der Waals surface area contributed by atoms with Crippen molar-refractivity contribution in [3.63, 3.8) is 0 Å². The van der Waals surface area contributed by atoms with E-state index in [0.29, 0.717) is 5.58 Å². The zero-order chi connectivity index (χ0) is 12.2. The number of nitrogens with two attached hydrogens (primary N) is 2. The summed E-state index contributed by atoms with van der Waals surface area (Å²) in [5.41, 5.74) is 14.2. The molecule has 4 N–H and O–H groups in total. The Hall–Kier alpha value is -1.59. The Morgan fingerprint density at radius 2 is 2.18 bits per heavy atom. The van der Waals surface area contributed by atoms with Gasteiger partial charge in [0.2, 0.25) is 0 Å². The Balaban J connectivity index is 2.10. The Morgan fingerprint density at radius 1 is 1.47 bits per heavy atom. The van der Waals surface area contributed by atoms with Crippen LogP contribution in [0.2, 0.25) is 0 Å². The molecule has 5 nitrogen and oxygen atoms in total. The number of oxazole rings is 1. The number of benzene rings is 1. The number of aryl methyl sites for hydroxylation is 1. The molecule has 3 rings (SSSR count). The number of fused-ring (bicyclic) bond motifs is 1. The van der Waals surface area contributed by atoms with Crippen LogP contribution in [0.1, 0.15) is 24.4 Å². The van der Waals surface area contributed by atoms with Gasteiger partial charge in [0.25, 0.3) is 0 Å². The molecule has 1 saturated carbocycles. The molecule has 1 fully saturated rings. The van der Waals surface area contributed by atoms with Gasteiger partial charge in [-0.15, -0.1) is 0 Å². The van der Waals surface area contributed by atoms with E-state index in [1.807, 2.05) is 18.2 Å². The predicted molar refractivity (Wildman–Crippen MR) is 64.5 cm³/mol. The van der Waals surface area contributed by atoms with Gasteiger partial charge in [-0.05, 0) is 30.5 Å². The highest BCUT2D eigenvalue weighted by Gasteiger charge is 2.44. The Labute approximate surface area is 98.0 Å². The van der Waals surface area contributed by atoms with Crippen molar-refractivity contribution in [2.45, 2.75) is 24.4 Å². The van der Waals surface area contributed by atoms with Gasteiger partial charge < -0.3 is 15.9 Å². The quantitative estimate of drug-likeness (QED) is 0.796. The second kappa shape index (κ2) is 3.21. The molecule has 1 aromatic carbocycles. The van der Waals surface area contributed by atoms with Crippen molar-refractivity contribution in [2.24, 2.45) is 18.5 Å². The standard InChI is InChI=1S/C12H15N3O2/c1-15-8-3-2-7(6-9(8)17-11(15)16)10(13)12(14)4-5-12/h2-3,6,10H,4-5,13-14H2,1H3. The molecule has 0 bridgehead atoms. The second-order valence-electron chi connectivity index (χ2n) is 4.86. The fourth-order valence-corrected chi connectivity index (χ4v) is 2.13. The first-order valence-electron chi connectivity index (χ1n) is 5.65. The van der Waals surface area contributed by atoms with Gasteiger partial charge in [-0.1, -0.05) is 6.07 Å². The van der Waals surface area contributed by atoms with Gasteiger partial charge in [0.05, 0.1) is 5.52 Å². The minimum absolute atomic E-state index is 0.197. The number of rotatable bonds is 2. The van der Waals surface area contributed by atoms with Gasteiger partial charge in [-0.3, -0.25) is 4.57 Å². The Morgan fingerprint density at radius 3 is 2.82 bits per heavy atom. The molecule has 0 aliphatic heterocycles. The van der Waals surface area contributed by atoms with E-state index >= 15 is 0 Å². The monoisotopic (exact) mass is 233 g/mol. The van der Waals surface area contributed by atoms with Crippen molar-refractivity contribution in [3.8, 4) is 0 Å². The van der Waals surface area contributed by atoms with E-state index in [4.69, 9.17) is 15.9 Å². The zero-order valence-electron chi connectivity index (χ0n) is 9.64. The van der Waals surface area contributed by atoms with Crippen molar-refractivity contribution in [2.75, 3.05) is 0 Å². The lowest BCUT2D eigenvalue weighted by Gasteiger charge is -2.18. The lowest BCUT2D eigenvalue weighted by Crippen LogP contribution is -2.36. The van der Waals surface area contributed by atoms with Crippen LogP contribution < -0.4 is 17.2 Å². The zero-order valence-corrected chi connectivity index (χ0v) is 9.64. The van der Waals surface area contributed by atoms with Crippen LogP contribution >= 0.6 is 0 Å². The molecule has 1 aliphatic rings. The average Bonchev–Trinajstić information content (AvgIpc) is 3.00. The summed E-state index contributed by atoms with van der Waals surface area (Å²) in [5.74, 6) is -0.361. The summed E-state index contributed by atoms with van der Waals surface area (Å²) in [5, 5.41) is 0. The van der Waals surface area contributed by atoms with E-state index in [1.165, 1.54) is 4.57 Å². The van der Waals surface area contributed by atoms with E-state index in [9.17, 15) is 4.79 Å². The maximum Gasteiger partial charge on any atom is 0.419 e. The van der Waals surface area contributed by atoms with E-state index in [0.717, 1.165) is 23.9 Å². The predicted octanol–water partition coefficient (Wildman–Crippen LogP) is 0.623. The Kier molecular flexibility index (Phi) is 1.99. The first-order chi connectivity index (χ1) is 8.01. The molecule has 1 heterocycles. The molecule has 1 unspecified atom stereocenters. The second-order valence-corrected chi connectivity index (χ2v) is 4.86. The van der Waals surface area contributed by atoms with Crippen LogP contribution in [0.5, 0.6) is 0 Å². The molecule has 0 radical (unpaired) electrons. The number of aromatic nitrogens is 1. The molecule has 0 amide bonds. The molecule has 1 atom stereocenters. The van der Waals surface area contributed by atoms with Gasteiger partial charge in [0.15, 0.2) is 5.58 Å². The third kappa shape index (κ3) is 1.50. The number of hydrogen-bond donors (Lipinski definition) is 2. The van der Waals surface area contributed by atoms with Crippen LogP contribution in [-0.2, 0) is 7.05 Å². The van der Waals surface area contributed by atoms with Gasteiger partial charge in [0.1, 0.15) is 0 Å². The molecular weight excluding hydrogens is 218 g/mol. The maximum atomic E-state index is 11.4. The van der Waals surface area contributed by atoms with Crippen molar-refractivity contribution in [1.29, 1.82) is 0 Å². The molecule has 0 spiro atoms. The molecule has 2 aromatic rings. The minimum Gasteiger partial charge on any atom is -0.408 e. The molecule has 1 aromatic heterocycles. The molecule has 1 aliphatic carbocycles. The summed E-state index contributed by atoms with van der Waals surface area (Å²) in [7, 11) is 1.68. The van der Waals surface area contributed by atoms with Crippen LogP contribution in [0.25, 0.3) is 11.1 Å². The molecular formula is C12H15N3O2. The van der Waals surface area contributed by atoms with E-state index < -0.39 is 0 Å². The first kappa shape index (κ1) is 10.6. The van der Waals surface area contributed by atoms with Crippen LogP contribution in [0.4, 0.5) is 0 Å². The first-order valence-corrected chi connectivity index (χ1v) is 5.65. The number of nitrogens with zero attached hydrogens (tertiary/aromatic N) is 1. The van der Waals surface area contributed by atoms with Crippen LogP contribution in [0.15, 0.2) is 27.4 Å². The minimum atomic E-state index is -0.361. The summed E-state index contributed by atoms with van der Waals surface area (Å²) >= 11 is 0. The van der Waals surface area contributed by atoms with E-state index in [-0.39, 0.29) is 17.3 Å². The smallest absolute Gasteiger partial charge is 0.408 e. The highest BCUT2D eigenvalue weighted by Crippen LogP contribution is 2.42. The SMILES string of the molecule is Cn1c(=O)oc2cc(C(N)C3(N)CC3)ccc21.